The lowest BCUT2D eigenvalue weighted by Crippen LogP contribution is -2.44. The zero-order valence-electron chi connectivity index (χ0n) is 14.2. The van der Waals surface area contributed by atoms with Gasteiger partial charge in [0.25, 0.3) is 0 Å². The molecule has 0 saturated heterocycles. The summed E-state index contributed by atoms with van der Waals surface area (Å²) in [5.41, 5.74) is 0.999. The summed E-state index contributed by atoms with van der Waals surface area (Å²) in [6, 6.07) is 10.2. The van der Waals surface area contributed by atoms with E-state index < -0.39 is 0 Å². The van der Waals surface area contributed by atoms with Crippen molar-refractivity contribution in [3.63, 3.8) is 0 Å². The van der Waals surface area contributed by atoms with E-state index in [0.29, 0.717) is 12.0 Å². The maximum absolute atomic E-state index is 12.5. The molecule has 5 nitrogen and oxygen atoms in total. The smallest absolute Gasteiger partial charge is 0.233 e. The highest BCUT2D eigenvalue weighted by atomic mass is 32.2. The predicted octanol–water partition coefficient (Wildman–Crippen LogP) is 3.44. The molecule has 2 aromatic rings. The van der Waals surface area contributed by atoms with Crippen LogP contribution in [0.3, 0.4) is 0 Å². The molecule has 0 spiro atoms. The van der Waals surface area contributed by atoms with Crippen LogP contribution in [0.1, 0.15) is 39.5 Å². The van der Waals surface area contributed by atoms with Crippen molar-refractivity contribution in [1.29, 1.82) is 0 Å². The summed E-state index contributed by atoms with van der Waals surface area (Å²) < 4.78 is 1.91. The quantitative estimate of drug-likeness (QED) is 0.844. The van der Waals surface area contributed by atoms with Gasteiger partial charge >= 0.3 is 0 Å². The summed E-state index contributed by atoms with van der Waals surface area (Å²) in [5.74, 6) is 0.647. The number of nitrogens with one attached hydrogen (secondary N) is 1. The van der Waals surface area contributed by atoms with Crippen molar-refractivity contribution in [1.82, 2.24) is 20.1 Å². The van der Waals surface area contributed by atoms with Gasteiger partial charge in [0.1, 0.15) is 6.33 Å². The largest absolute Gasteiger partial charge is 0.352 e. The molecule has 3 rings (SSSR count). The van der Waals surface area contributed by atoms with Crippen LogP contribution in [-0.4, -0.2) is 32.0 Å². The van der Waals surface area contributed by atoms with E-state index in [2.05, 4.69) is 22.4 Å². The second kappa shape index (κ2) is 7.83. The monoisotopic (exact) mass is 344 g/mol. The van der Waals surface area contributed by atoms with Gasteiger partial charge < -0.3 is 5.32 Å². The fourth-order valence-electron chi connectivity index (χ4n) is 3.11. The van der Waals surface area contributed by atoms with E-state index >= 15 is 0 Å². The molecule has 6 heteroatoms. The summed E-state index contributed by atoms with van der Waals surface area (Å²) in [4.78, 5) is 12.5. The minimum Gasteiger partial charge on any atom is -0.352 e. The van der Waals surface area contributed by atoms with Gasteiger partial charge in [-0.2, -0.15) is 0 Å². The van der Waals surface area contributed by atoms with Crippen LogP contribution in [0, 0.1) is 5.92 Å². The van der Waals surface area contributed by atoms with E-state index in [1.165, 1.54) is 31.0 Å². The third-order valence-corrected chi connectivity index (χ3v) is 5.70. The zero-order chi connectivity index (χ0) is 16.9. The Kier molecular flexibility index (Phi) is 5.56. The molecule has 1 aromatic heterocycles. The molecule has 1 saturated carbocycles. The van der Waals surface area contributed by atoms with Crippen LogP contribution in [0.5, 0.6) is 0 Å². The summed E-state index contributed by atoms with van der Waals surface area (Å²) >= 11 is 1.45. The van der Waals surface area contributed by atoms with Crippen LogP contribution in [0.2, 0.25) is 0 Å². The van der Waals surface area contributed by atoms with E-state index in [1.54, 1.807) is 6.33 Å². The average Bonchev–Trinajstić information content (AvgIpc) is 3.05. The van der Waals surface area contributed by atoms with E-state index in [0.717, 1.165) is 17.3 Å². The number of para-hydroxylation sites is 1. The van der Waals surface area contributed by atoms with Gasteiger partial charge in [-0.25, -0.2) is 0 Å². The summed E-state index contributed by atoms with van der Waals surface area (Å²) in [6.07, 6.45) is 6.46. The van der Waals surface area contributed by atoms with Crippen molar-refractivity contribution in [2.45, 2.75) is 56.0 Å². The van der Waals surface area contributed by atoms with E-state index in [9.17, 15) is 4.79 Å². The number of aromatic nitrogens is 3. The molecule has 1 N–H and O–H groups in total. The third kappa shape index (κ3) is 3.98. The first-order chi connectivity index (χ1) is 11.6. The predicted molar refractivity (Wildman–Crippen MR) is 96.2 cm³/mol. The molecule has 24 heavy (non-hydrogen) atoms. The fraction of sp³-hybridized carbons (Fsp3) is 0.500. The molecule has 3 atom stereocenters. The maximum Gasteiger partial charge on any atom is 0.233 e. The SMILES string of the molecule is C[C@H](Sc1nncn1-c1ccccc1)C(=O)N[C@H]1CCCC[C@@H]1C. The number of hydrogen-bond acceptors (Lipinski definition) is 4. The minimum absolute atomic E-state index is 0.0846. The summed E-state index contributed by atoms with van der Waals surface area (Å²) in [7, 11) is 0. The molecule has 1 heterocycles. The molecule has 1 fully saturated rings. The van der Waals surface area contributed by atoms with Gasteiger partial charge in [-0.15, -0.1) is 10.2 Å². The van der Waals surface area contributed by atoms with Crippen LogP contribution in [0.15, 0.2) is 41.8 Å². The van der Waals surface area contributed by atoms with Gasteiger partial charge in [0.15, 0.2) is 5.16 Å². The standard InChI is InChI=1S/C18H24N4OS/c1-13-8-6-7-11-16(13)20-17(23)14(2)24-18-21-19-12-22(18)15-9-4-3-5-10-15/h3-5,9-10,12-14,16H,6-8,11H2,1-2H3,(H,20,23)/t13-,14-,16-/m0/s1. The summed E-state index contributed by atoms with van der Waals surface area (Å²) in [5, 5.41) is 11.9. The van der Waals surface area contributed by atoms with Gasteiger partial charge in [0.2, 0.25) is 5.91 Å². The molecule has 128 valence electrons. The third-order valence-electron chi connectivity index (χ3n) is 4.64. The Hall–Kier alpha value is -1.82. The van der Waals surface area contributed by atoms with Crippen LogP contribution in [0.25, 0.3) is 5.69 Å². The van der Waals surface area contributed by atoms with Crippen LogP contribution >= 0.6 is 11.8 Å². The van der Waals surface area contributed by atoms with Crippen LogP contribution in [0.4, 0.5) is 0 Å². The maximum atomic E-state index is 12.5. The topological polar surface area (TPSA) is 59.8 Å². The van der Waals surface area contributed by atoms with Gasteiger partial charge in [-0.3, -0.25) is 9.36 Å². The van der Waals surface area contributed by atoms with Gasteiger partial charge in [-0.05, 0) is 37.8 Å². The lowest BCUT2D eigenvalue weighted by Gasteiger charge is -2.30. The van der Waals surface area contributed by atoms with Crippen molar-refractivity contribution in [3.05, 3.63) is 36.7 Å². The molecule has 0 aliphatic heterocycles. The van der Waals surface area contributed by atoms with Crippen molar-refractivity contribution in [3.8, 4) is 5.69 Å². The number of hydrogen-bond donors (Lipinski definition) is 1. The fourth-order valence-corrected chi connectivity index (χ4v) is 3.96. The number of benzene rings is 1. The highest BCUT2D eigenvalue weighted by molar-refractivity contribution is 8.00. The first-order valence-electron chi connectivity index (χ1n) is 8.57. The van der Waals surface area contributed by atoms with Gasteiger partial charge in [0.05, 0.1) is 5.25 Å². The number of amides is 1. The Morgan fingerprint density at radius 3 is 2.79 bits per heavy atom. The lowest BCUT2D eigenvalue weighted by molar-refractivity contribution is -0.121. The second-order valence-electron chi connectivity index (χ2n) is 6.46. The Labute approximate surface area is 147 Å². The van der Waals surface area contributed by atoms with Crippen molar-refractivity contribution >= 4 is 17.7 Å². The Morgan fingerprint density at radius 2 is 2.04 bits per heavy atom. The Balaban J connectivity index is 1.64. The number of rotatable bonds is 5. The van der Waals surface area contributed by atoms with Crippen LogP contribution < -0.4 is 5.32 Å². The lowest BCUT2D eigenvalue weighted by atomic mass is 9.86. The normalized spacial score (nSPS) is 22.1. The zero-order valence-corrected chi connectivity index (χ0v) is 15.0. The number of carbonyl (C=O) groups excluding carboxylic acids is 1. The van der Waals surface area contributed by atoms with E-state index in [4.69, 9.17) is 0 Å². The number of carbonyl (C=O) groups is 1. The van der Waals surface area contributed by atoms with Gasteiger partial charge in [0, 0.05) is 11.7 Å². The summed E-state index contributed by atoms with van der Waals surface area (Å²) in [6.45, 7) is 4.16. The molecule has 1 aliphatic carbocycles. The first kappa shape index (κ1) is 17.0. The van der Waals surface area contributed by atoms with Crippen LogP contribution in [-0.2, 0) is 4.79 Å². The molecule has 1 aromatic carbocycles. The van der Waals surface area contributed by atoms with E-state index in [1.807, 2.05) is 41.8 Å². The number of thioether (sulfide) groups is 1. The minimum atomic E-state index is -0.203. The van der Waals surface area contributed by atoms with Crippen molar-refractivity contribution < 1.29 is 4.79 Å². The highest BCUT2D eigenvalue weighted by Gasteiger charge is 2.26. The van der Waals surface area contributed by atoms with Crippen molar-refractivity contribution in [2.24, 2.45) is 5.92 Å². The van der Waals surface area contributed by atoms with Gasteiger partial charge in [-0.1, -0.05) is 49.7 Å². The molecule has 1 aliphatic rings. The van der Waals surface area contributed by atoms with Crippen molar-refractivity contribution in [2.75, 3.05) is 0 Å². The molecule has 0 radical (unpaired) electrons. The molecule has 0 bridgehead atoms. The Bertz CT molecular complexity index is 673. The molecular formula is C18H24N4OS. The molecule has 1 amide bonds. The number of nitrogens with zero attached hydrogens (tertiary/aromatic N) is 3. The Morgan fingerprint density at radius 1 is 1.29 bits per heavy atom. The highest BCUT2D eigenvalue weighted by Crippen LogP contribution is 2.26. The second-order valence-corrected chi connectivity index (χ2v) is 7.76. The molecule has 0 unspecified atom stereocenters. The first-order valence-corrected chi connectivity index (χ1v) is 9.45. The average molecular weight is 344 g/mol. The van der Waals surface area contributed by atoms with E-state index in [-0.39, 0.29) is 11.2 Å². The molecular weight excluding hydrogens is 320 g/mol.